The number of cyclic esters (lactones) is 1. The summed E-state index contributed by atoms with van der Waals surface area (Å²) in [4.78, 5) is 22.8. The third-order valence-corrected chi connectivity index (χ3v) is 4.52. The molecular formula is C20H21NO4. The van der Waals surface area contributed by atoms with Crippen molar-refractivity contribution in [2.24, 2.45) is 0 Å². The lowest BCUT2D eigenvalue weighted by Crippen LogP contribution is -2.08. The number of carboxylic acid groups (broad SMARTS) is 1. The molecule has 0 radical (unpaired) electrons. The van der Waals surface area contributed by atoms with Crippen molar-refractivity contribution in [3.8, 4) is 6.07 Å². The number of rotatable bonds is 7. The Bertz CT molecular complexity index is 812. The molecule has 0 bridgehead atoms. The van der Waals surface area contributed by atoms with Gasteiger partial charge in [-0.25, -0.2) is 4.79 Å². The SMILES string of the molecule is C=CCc1c(C)c2c(c(C#N)c1C/C=C(\C)CCC(=O)O)C(=O)OC2. The second kappa shape index (κ2) is 7.80. The third-order valence-electron chi connectivity index (χ3n) is 4.52. The highest BCUT2D eigenvalue weighted by Crippen LogP contribution is 2.34. The van der Waals surface area contributed by atoms with Crippen LogP contribution >= 0.6 is 0 Å². The van der Waals surface area contributed by atoms with Crippen LogP contribution in [0.1, 0.15) is 57.9 Å². The number of carboxylic acids is 1. The normalized spacial score (nSPS) is 13.2. The Kier molecular flexibility index (Phi) is 5.76. The molecule has 0 spiro atoms. The molecule has 1 aromatic carbocycles. The third kappa shape index (κ3) is 3.80. The van der Waals surface area contributed by atoms with Crippen LogP contribution in [0.3, 0.4) is 0 Å². The van der Waals surface area contributed by atoms with E-state index < -0.39 is 11.9 Å². The molecule has 1 aliphatic rings. The standard InChI is InChI=1S/C20H21NO4/c1-4-5-14-13(3)17-11-25-20(24)19(17)16(10-21)15(14)8-6-12(2)7-9-18(22)23/h4,6H,1,5,7-9,11H2,2-3H3,(H,22,23)/b12-6+. The Balaban J connectivity index is 2.50. The average molecular weight is 339 g/mol. The van der Waals surface area contributed by atoms with Gasteiger partial charge in [-0.05, 0) is 49.8 Å². The van der Waals surface area contributed by atoms with Crippen molar-refractivity contribution < 1.29 is 19.4 Å². The van der Waals surface area contributed by atoms with Crippen LogP contribution in [0.15, 0.2) is 24.3 Å². The van der Waals surface area contributed by atoms with Gasteiger partial charge in [0.1, 0.15) is 12.7 Å². The molecule has 1 aromatic rings. The summed E-state index contributed by atoms with van der Waals surface area (Å²) in [7, 11) is 0. The van der Waals surface area contributed by atoms with E-state index in [1.807, 2.05) is 19.9 Å². The molecule has 2 rings (SSSR count). The number of esters is 1. The van der Waals surface area contributed by atoms with Gasteiger partial charge in [0.2, 0.25) is 0 Å². The van der Waals surface area contributed by atoms with Crippen molar-refractivity contribution >= 4 is 11.9 Å². The zero-order valence-electron chi connectivity index (χ0n) is 14.5. The summed E-state index contributed by atoms with van der Waals surface area (Å²) in [5.41, 5.74) is 5.22. The number of hydrogen-bond acceptors (Lipinski definition) is 4. The summed E-state index contributed by atoms with van der Waals surface area (Å²) >= 11 is 0. The van der Waals surface area contributed by atoms with Crippen LogP contribution in [0.5, 0.6) is 0 Å². The number of fused-ring (bicyclic) bond motifs is 1. The molecule has 130 valence electrons. The lowest BCUT2D eigenvalue weighted by molar-refractivity contribution is -0.136. The first-order valence-electron chi connectivity index (χ1n) is 8.13. The number of carbonyl (C=O) groups is 2. The molecule has 25 heavy (non-hydrogen) atoms. The number of nitrogens with zero attached hydrogens (tertiary/aromatic N) is 1. The highest BCUT2D eigenvalue weighted by molar-refractivity contribution is 5.97. The van der Waals surface area contributed by atoms with Gasteiger partial charge in [-0.1, -0.05) is 17.7 Å². The predicted molar refractivity (Wildman–Crippen MR) is 93.2 cm³/mol. The fourth-order valence-corrected chi connectivity index (χ4v) is 3.12. The van der Waals surface area contributed by atoms with E-state index in [9.17, 15) is 14.9 Å². The van der Waals surface area contributed by atoms with Crippen molar-refractivity contribution in [3.05, 3.63) is 57.7 Å². The maximum Gasteiger partial charge on any atom is 0.340 e. The topological polar surface area (TPSA) is 87.4 Å². The molecule has 0 saturated heterocycles. The van der Waals surface area contributed by atoms with E-state index in [1.165, 1.54) is 0 Å². The largest absolute Gasteiger partial charge is 0.481 e. The molecule has 0 fully saturated rings. The van der Waals surface area contributed by atoms with Crippen LogP contribution in [0.2, 0.25) is 0 Å². The summed E-state index contributed by atoms with van der Waals surface area (Å²) in [6, 6.07) is 2.17. The van der Waals surface area contributed by atoms with Crippen LogP contribution < -0.4 is 0 Å². The van der Waals surface area contributed by atoms with Gasteiger partial charge in [0.25, 0.3) is 0 Å². The van der Waals surface area contributed by atoms with Crippen LogP contribution in [0.4, 0.5) is 0 Å². The minimum atomic E-state index is -0.839. The Morgan fingerprint density at radius 1 is 1.36 bits per heavy atom. The number of carbonyl (C=O) groups excluding carboxylic acids is 1. The lowest BCUT2D eigenvalue weighted by atomic mass is 9.85. The first kappa shape index (κ1) is 18.5. The van der Waals surface area contributed by atoms with Crippen molar-refractivity contribution in [3.63, 3.8) is 0 Å². The Labute approximate surface area is 147 Å². The van der Waals surface area contributed by atoms with E-state index in [0.29, 0.717) is 30.4 Å². The second-order valence-corrected chi connectivity index (χ2v) is 6.14. The van der Waals surface area contributed by atoms with Gasteiger partial charge in [-0.3, -0.25) is 4.79 Å². The number of aliphatic carboxylic acids is 1. The van der Waals surface area contributed by atoms with Gasteiger partial charge in [0.05, 0.1) is 11.1 Å². The smallest absolute Gasteiger partial charge is 0.340 e. The average Bonchev–Trinajstić information content (AvgIpc) is 2.96. The first-order chi connectivity index (χ1) is 11.9. The maximum absolute atomic E-state index is 12.1. The first-order valence-corrected chi connectivity index (χ1v) is 8.13. The summed E-state index contributed by atoms with van der Waals surface area (Å²) in [6.45, 7) is 7.79. The van der Waals surface area contributed by atoms with Crippen LogP contribution in [-0.2, 0) is 29.0 Å². The molecule has 1 heterocycles. The van der Waals surface area contributed by atoms with Crippen molar-refractivity contribution in [2.45, 2.75) is 46.1 Å². The summed E-state index contributed by atoms with van der Waals surface area (Å²) in [5, 5.41) is 18.4. The molecule has 0 aromatic heterocycles. The highest BCUT2D eigenvalue weighted by atomic mass is 16.5. The van der Waals surface area contributed by atoms with E-state index in [0.717, 1.165) is 27.8 Å². The number of ether oxygens (including phenoxy) is 1. The van der Waals surface area contributed by atoms with E-state index in [-0.39, 0.29) is 13.0 Å². The molecule has 0 atom stereocenters. The Morgan fingerprint density at radius 2 is 2.08 bits per heavy atom. The fourth-order valence-electron chi connectivity index (χ4n) is 3.12. The predicted octanol–water partition coefficient (Wildman–Crippen LogP) is 3.62. The lowest BCUT2D eigenvalue weighted by Gasteiger charge is -2.16. The van der Waals surface area contributed by atoms with Gasteiger partial charge >= 0.3 is 11.9 Å². The quantitative estimate of drug-likeness (QED) is 0.605. The zero-order valence-corrected chi connectivity index (χ0v) is 14.5. The minimum Gasteiger partial charge on any atom is -0.481 e. The molecule has 0 aliphatic carbocycles. The highest BCUT2D eigenvalue weighted by Gasteiger charge is 2.30. The summed E-state index contributed by atoms with van der Waals surface area (Å²) in [5.74, 6) is -1.29. The van der Waals surface area contributed by atoms with E-state index in [1.54, 1.807) is 6.08 Å². The molecule has 0 amide bonds. The number of hydrogen-bond donors (Lipinski definition) is 1. The number of allylic oxidation sites excluding steroid dienone is 3. The zero-order chi connectivity index (χ0) is 18.6. The number of nitriles is 1. The Hall–Kier alpha value is -2.87. The molecule has 0 saturated carbocycles. The summed E-state index contributed by atoms with van der Waals surface area (Å²) in [6.07, 6.45) is 5.30. The monoisotopic (exact) mass is 339 g/mol. The van der Waals surface area contributed by atoms with Crippen molar-refractivity contribution in [2.75, 3.05) is 0 Å². The van der Waals surface area contributed by atoms with Crippen molar-refractivity contribution in [1.29, 1.82) is 5.26 Å². The van der Waals surface area contributed by atoms with Gasteiger partial charge in [-0.15, -0.1) is 6.58 Å². The van der Waals surface area contributed by atoms with Gasteiger partial charge in [-0.2, -0.15) is 5.26 Å². The maximum atomic E-state index is 12.1. The Morgan fingerprint density at radius 3 is 2.68 bits per heavy atom. The fraction of sp³-hybridized carbons (Fsp3) is 0.350. The summed E-state index contributed by atoms with van der Waals surface area (Å²) < 4.78 is 5.13. The molecule has 1 N–H and O–H groups in total. The van der Waals surface area contributed by atoms with Crippen LogP contribution in [-0.4, -0.2) is 17.0 Å². The van der Waals surface area contributed by atoms with Crippen LogP contribution in [0, 0.1) is 18.3 Å². The number of benzene rings is 1. The van der Waals surface area contributed by atoms with Gasteiger partial charge in [0.15, 0.2) is 0 Å². The van der Waals surface area contributed by atoms with Crippen molar-refractivity contribution in [1.82, 2.24) is 0 Å². The van der Waals surface area contributed by atoms with E-state index >= 15 is 0 Å². The molecule has 1 aliphatic heterocycles. The molecule has 5 nitrogen and oxygen atoms in total. The van der Waals surface area contributed by atoms with E-state index in [4.69, 9.17) is 9.84 Å². The second-order valence-electron chi connectivity index (χ2n) is 6.14. The molecule has 0 unspecified atom stereocenters. The van der Waals surface area contributed by atoms with Crippen LogP contribution in [0.25, 0.3) is 0 Å². The minimum absolute atomic E-state index is 0.0719. The van der Waals surface area contributed by atoms with E-state index in [2.05, 4.69) is 12.6 Å². The van der Waals surface area contributed by atoms with Gasteiger partial charge < -0.3 is 9.84 Å². The molecular weight excluding hydrogens is 318 g/mol. The van der Waals surface area contributed by atoms with Gasteiger partial charge in [0, 0.05) is 12.0 Å². The molecule has 5 heteroatoms.